The van der Waals surface area contributed by atoms with Crippen molar-refractivity contribution < 1.29 is 9.59 Å². The first-order valence-corrected chi connectivity index (χ1v) is 8.79. The molecule has 1 aromatic rings. The second-order valence-corrected chi connectivity index (χ2v) is 6.93. The van der Waals surface area contributed by atoms with Crippen LogP contribution >= 0.6 is 11.8 Å². The number of carbonyl (C=O) groups excluding carboxylic acids is 2. The standard InChI is InChI=1S/C17H24N2O2S/c1-14(20)22-13-16-10-17(21)19(12-16)9-5-8-18-11-15-6-3-2-4-7-15/h2-4,6-7,16,18H,5,8-13H2,1H3. The van der Waals surface area contributed by atoms with E-state index in [0.717, 1.165) is 38.4 Å². The summed E-state index contributed by atoms with van der Waals surface area (Å²) in [4.78, 5) is 24.8. The smallest absolute Gasteiger partial charge is 0.222 e. The van der Waals surface area contributed by atoms with Gasteiger partial charge in [0.2, 0.25) is 5.91 Å². The van der Waals surface area contributed by atoms with Gasteiger partial charge in [-0.15, -0.1) is 0 Å². The number of hydrogen-bond donors (Lipinski definition) is 1. The number of benzene rings is 1. The predicted octanol–water partition coefficient (Wildman–Crippen LogP) is 2.29. The van der Waals surface area contributed by atoms with Gasteiger partial charge in [0.1, 0.15) is 0 Å². The minimum atomic E-state index is 0.135. The maximum absolute atomic E-state index is 11.9. The fourth-order valence-corrected chi connectivity index (χ4v) is 3.33. The van der Waals surface area contributed by atoms with E-state index in [2.05, 4.69) is 17.4 Å². The molecule has 2 rings (SSSR count). The third kappa shape index (κ3) is 5.81. The first-order chi connectivity index (χ1) is 10.6. The van der Waals surface area contributed by atoms with Crippen molar-refractivity contribution in [2.24, 2.45) is 5.92 Å². The summed E-state index contributed by atoms with van der Waals surface area (Å²) in [7, 11) is 0. The SMILES string of the molecule is CC(=O)SCC1CC(=O)N(CCCNCc2ccccc2)C1. The third-order valence-corrected chi connectivity index (χ3v) is 4.82. The highest BCUT2D eigenvalue weighted by Crippen LogP contribution is 2.22. The van der Waals surface area contributed by atoms with Crippen molar-refractivity contribution in [2.75, 3.05) is 25.4 Å². The average Bonchev–Trinajstić information content (AvgIpc) is 2.86. The lowest BCUT2D eigenvalue weighted by Crippen LogP contribution is -2.29. The monoisotopic (exact) mass is 320 g/mol. The van der Waals surface area contributed by atoms with Crippen molar-refractivity contribution in [1.29, 1.82) is 0 Å². The van der Waals surface area contributed by atoms with Gasteiger partial charge in [0, 0.05) is 38.7 Å². The molecule has 22 heavy (non-hydrogen) atoms. The van der Waals surface area contributed by atoms with E-state index in [4.69, 9.17) is 0 Å². The number of carbonyl (C=O) groups is 2. The van der Waals surface area contributed by atoms with E-state index in [0.29, 0.717) is 12.3 Å². The highest BCUT2D eigenvalue weighted by Gasteiger charge is 2.29. The Morgan fingerprint density at radius 2 is 2.14 bits per heavy atom. The lowest BCUT2D eigenvalue weighted by atomic mass is 10.1. The van der Waals surface area contributed by atoms with Crippen LogP contribution in [0.15, 0.2) is 30.3 Å². The highest BCUT2D eigenvalue weighted by molar-refractivity contribution is 8.13. The Labute approximate surface area is 136 Å². The van der Waals surface area contributed by atoms with Gasteiger partial charge in [-0.05, 0) is 24.4 Å². The van der Waals surface area contributed by atoms with Crippen molar-refractivity contribution in [3.63, 3.8) is 0 Å². The average molecular weight is 320 g/mol. The minimum Gasteiger partial charge on any atom is -0.342 e. The fourth-order valence-electron chi connectivity index (χ4n) is 2.64. The molecule has 0 bridgehead atoms. The van der Waals surface area contributed by atoms with E-state index in [1.807, 2.05) is 23.1 Å². The van der Waals surface area contributed by atoms with E-state index in [1.54, 1.807) is 6.92 Å². The first kappa shape index (κ1) is 17.0. The van der Waals surface area contributed by atoms with Crippen LogP contribution in [0.25, 0.3) is 0 Å². The maximum atomic E-state index is 11.9. The summed E-state index contributed by atoms with van der Waals surface area (Å²) in [6, 6.07) is 10.3. The molecule has 1 aromatic carbocycles. The molecule has 0 aliphatic carbocycles. The molecule has 0 spiro atoms. The Morgan fingerprint density at radius 1 is 1.36 bits per heavy atom. The molecular weight excluding hydrogens is 296 g/mol. The van der Waals surface area contributed by atoms with Gasteiger partial charge >= 0.3 is 0 Å². The molecule has 4 nitrogen and oxygen atoms in total. The van der Waals surface area contributed by atoms with Crippen molar-refractivity contribution in [3.05, 3.63) is 35.9 Å². The number of likely N-dealkylation sites (tertiary alicyclic amines) is 1. The fraction of sp³-hybridized carbons (Fsp3) is 0.529. The molecule has 1 unspecified atom stereocenters. The maximum Gasteiger partial charge on any atom is 0.222 e. The molecule has 5 heteroatoms. The summed E-state index contributed by atoms with van der Waals surface area (Å²) in [6.07, 6.45) is 1.56. The van der Waals surface area contributed by atoms with Gasteiger partial charge in [-0.2, -0.15) is 0 Å². The number of nitrogens with one attached hydrogen (secondary N) is 1. The van der Waals surface area contributed by atoms with Crippen LogP contribution in [0.2, 0.25) is 0 Å². The van der Waals surface area contributed by atoms with Gasteiger partial charge in [0.25, 0.3) is 0 Å². The van der Waals surface area contributed by atoms with Crippen LogP contribution in [0.1, 0.15) is 25.3 Å². The number of rotatable bonds is 8. The third-order valence-electron chi connectivity index (χ3n) is 3.77. The Morgan fingerprint density at radius 3 is 2.86 bits per heavy atom. The number of hydrogen-bond acceptors (Lipinski definition) is 4. The van der Waals surface area contributed by atoms with Crippen molar-refractivity contribution in [1.82, 2.24) is 10.2 Å². The van der Waals surface area contributed by atoms with E-state index in [-0.39, 0.29) is 11.0 Å². The second kappa shape index (κ2) is 8.96. The van der Waals surface area contributed by atoms with Gasteiger partial charge in [0.15, 0.2) is 5.12 Å². The highest BCUT2D eigenvalue weighted by atomic mass is 32.2. The normalized spacial score (nSPS) is 18.0. The van der Waals surface area contributed by atoms with Crippen LogP contribution in [0.5, 0.6) is 0 Å². The zero-order valence-corrected chi connectivity index (χ0v) is 13.9. The predicted molar refractivity (Wildman–Crippen MR) is 90.6 cm³/mol. The Hall–Kier alpha value is -1.33. The molecule has 0 aromatic heterocycles. The van der Waals surface area contributed by atoms with E-state index >= 15 is 0 Å². The second-order valence-electron chi connectivity index (χ2n) is 5.73. The number of thioether (sulfide) groups is 1. The quantitative estimate of drug-likeness (QED) is 0.747. The molecule has 120 valence electrons. The molecule has 1 aliphatic heterocycles. The van der Waals surface area contributed by atoms with Crippen LogP contribution in [0.3, 0.4) is 0 Å². The first-order valence-electron chi connectivity index (χ1n) is 7.81. The van der Waals surface area contributed by atoms with Crippen LogP contribution in [-0.2, 0) is 16.1 Å². The molecule has 1 heterocycles. The zero-order valence-electron chi connectivity index (χ0n) is 13.1. The molecule has 0 radical (unpaired) electrons. The molecule has 1 N–H and O–H groups in total. The van der Waals surface area contributed by atoms with Gasteiger partial charge in [-0.25, -0.2) is 0 Å². The zero-order chi connectivity index (χ0) is 15.8. The van der Waals surface area contributed by atoms with Crippen LogP contribution in [0, 0.1) is 5.92 Å². The molecule has 1 saturated heterocycles. The van der Waals surface area contributed by atoms with E-state index in [9.17, 15) is 9.59 Å². The lowest BCUT2D eigenvalue weighted by Gasteiger charge is -2.16. The summed E-state index contributed by atoms with van der Waals surface area (Å²) >= 11 is 1.33. The van der Waals surface area contributed by atoms with Crippen LogP contribution in [-0.4, -0.2) is 41.3 Å². The summed E-state index contributed by atoms with van der Waals surface area (Å²) in [5.74, 6) is 1.33. The summed E-state index contributed by atoms with van der Waals surface area (Å²) < 4.78 is 0. The van der Waals surface area contributed by atoms with E-state index < -0.39 is 0 Å². The van der Waals surface area contributed by atoms with Crippen molar-refractivity contribution >= 4 is 22.8 Å². The largest absolute Gasteiger partial charge is 0.342 e. The van der Waals surface area contributed by atoms with Gasteiger partial charge in [-0.1, -0.05) is 42.1 Å². The summed E-state index contributed by atoms with van der Waals surface area (Å²) in [5, 5.41) is 3.54. The molecule has 1 fully saturated rings. The molecule has 1 aliphatic rings. The Kier molecular flexibility index (Phi) is 6.93. The Bertz CT molecular complexity index is 493. The van der Waals surface area contributed by atoms with E-state index in [1.165, 1.54) is 17.3 Å². The van der Waals surface area contributed by atoms with Gasteiger partial charge in [0.05, 0.1) is 0 Å². The lowest BCUT2D eigenvalue weighted by molar-refractivity contribution is -0.127. The summed E-state index contributed by atoms with van der Waals surface area (Å²) in [5.41, 5.74) is 1.28. The minimum absolute atomic E-state index is 0.135. The molecule has 1 atom stereocenters. The molecule has 1 amide bonds. The van der Waals surface area contributed by atoms with Crippen molar-refractivity contribution in [3.8, 4) is 0 Å². The van der Waals surface area contributed by atoms with Crippen LogP contribution in [0.4, 0.5) is 0 Å². The topological polar surface area (TPSA) is 49.4 Å². The van der Waals surface area contributed by atoms with Crippen molar-refractivity contribution in [2.45, 2.75) is 26.3 Å². The number of amides is 1. The van der Waals surface area contributed by atoms with Gasteiger partial charge in [-0.3, -0.25) is 9.59 Å². The van der Waals surface area contributed by atoms with Crippen LogP contribution < -0.4 is 5.32 Å². The summed E-state index contributed by atoms with van der Waals surface area (Å²) in [6.45, 7) is 4.97. The number of nitrogens with zero attached hydrogens (tertiary/aromatic N) is 1. The Balaban J connectivity index is 1.59. The molecule has 0 saturated carbocycles. The molecular formula is C17H24N2O2S. The van der Waals surface area contributed by atoms with Gasteiger partial charge < -0.3 is 10.2 Å².